The number of benzene rings is 2. The summed E-state index contributed by atoms with van der Waals surface area (Å²) in [7, 11) is 0. The molecule has 2 aromatic carbocycles. The number of para-hydroxylation sites is 2. The van der Waals surface area contributed by atoms with Gasteiger partial charge in [0.05, 0.1) is 9.85 Å². The molecule has 0 heterocycles. The molecule has 2 atom stereocenters. The Balaban J connectivity index is 2.52. The maximum atomic E-state index is 12.1. The van der Waals surface area contributed by atoms with Crippen molar-refractivity contribution < 1.29 is 34.3 Å². The summed E-state index contributed by atoms with van der Waals surface area (Å²) < 4.78 is 10.8. The van der Waals surface area contributed by atoms with Gasteiger partial charge >= 0.3 is 17.4 Å². The van der Waals surface area contributed by atoms with Gasteiger partial charge in [-0.1, -0.05) is 25.5 Å². The molecule has 0 spiro atoms. The Hall–Kier alpha value is -3.73. The zero-order valence-corrected chi connectivity index (χ0v) is 15.3. The number of hydrogen-bond acceptors (Lipinski definition) is 8. The maximum Gasteiger partial charge on any atom is 0.393 e. The highest BCUT2D eigenvalue weighted by Crippen LogP contribution is 2.34. The largest absolute Gasteiger partial charge is 0.475 e. The minimum atomic E-state index is -2.72. The molecule has 11 heteroatoms. The average molecular weight is 406 g/mol. The second-order valence-corrected chi connectivity index (χ2v) is 5.96. The van der Waals surface area contributed by atoms with Crippen molar-refractivity contribution in [3.05, 3.63) is 68.8 Å². The van der Waals surface area contributed by atoms with E-state index in [1.165, 1.54) is 18.2 Å². The number of nitro benzene ring substituents is 2. The van der Waals surface area contributed by atoms with Gasteiger partial charge in [-0.3, -0.25) is 20.2 Å². The summed E-state index contributed by atoms with van der Waals surface area (Å²) in [6.07, 6.45) is -1.40. The van der Waals surface area contributed by atoms with Gasteiger partial charge in [0.25, 0.3) is 5.69 Å². The summed E-state index contributed by atoms with van der Waals surface area (Å²) in [6.45, 7) is 1.69. The van der Waals surface area contributed by atoms with Crippen LogP contribution in [0, 0.1) is 20.2 Å². The van der Waals surface area contributed by atoms with Crippen molar-refractivity contribution in [2.45, 2.75) is 31.7 Å². The van der Waals surface area contributed by atoms with Gasteiger partial charge in [-0.25, -0.2) is 4.79 Å². The normalized spacial score (nSPS) is 13.7. The van der Waals surface area contributed by atoms with Crippen LogP contribution in [0.25, 0.3) is 0 Å². The molecule has 2 aromatic rings. The molecule has 154 valence electrons. The molecule has 0 aliphatic heterocycles. The smallest absolute Gasteiger partial charge is 0.393 e. The molecule has 0 bridgehead atoms. The van der Waals surface area contributed by atoms with E-state index in [0.717, 1.165) is 30.3 Å². The number of non-ortho nitro benzene ring substituents is 1. The van der Waals surface area contributed by atoms with Gasteiger partial charge in [0.2, 0.25) is 5.75 Å². The van der Waals surface area contributed by atoms with E-state index in [0.29, 0.717) is 6.42 Å². The summed E-state index contributed by atoms with van der Waals surface area (Å²) in [4.78, 5) is 32.7. The Morgan fingerprint density at radius 1 is 1.07 bits per heavy atom. The number of ether oxygens (including phenoxy) is 2. The number of nitrogens with zero attached hydrogens (tertiary/aromatic N) is 2. The molecule has 29 heavy (non-hydrogen) atoms. The Labute approximate surface area is 164 Å². The van der Waals surface area contributed by atoms with Crippen molar-refractivity contribution >= 4 is 17.3 Å². The maximum absolute atomic E-state index is 12.1. The summed E-state index contributed by atoms with van der Waals surface area (Å²) in [5.41, 5.74) is -0.777. The topological polar surface area (TPSA) is 162 Å². The van der Waals surface area contributed by atoms with Gasteiger partial charge in [-0.2, -0.15) is 0 Å². The van der Waals surface area contributed by atoms with Crippen LogP contribution in [0.15, 0.2) is 48.5 Å². The van der Waals surface area contributed by atoms with E-state index in [-0.39, 0.29) is 17.9 Å². The molecule has 0 radical (unpaired) electrons. The van der Waals surface area contributed by atoms with Crippen LogP contribution >= 0.6 is 0 Å². The van der Waals surface area contributed by atoms with Crippen molar-refractivity contribution in [3.8, 4) is 11.5 Å². The molecule has 2 rings (SSSR count). The molecule has 0 aliphatic carbocycles. The fourth-order valence-electron chi connectivity index (χ4n) is 2.52. The van der Waals surface area contributed by atoms with Crippen molar-refractivity contribution in [3.63, 3.8) is 0 Å². The minimum Gasteiger partial charge on any atom is -0.475 e. The van der Waals surface area contributed by atoms with Crippen molar-refractivity contribution in [2.75, 3.05) is 0 Å². The molecule has 2 unspecified atom stereocenters. The molecule has 0 aromatic heterocycles. The molecule has 0 amide bonds. The first kappa shape index (κ1) is 21.6. The van der Waals surface area contributed by atoms with Crippen LogP contribution in [-0.4, -0.2) is 37.9 Å². The molecule has 11 nitrogen and oxygen atoms in total. The molecule has 0 aliphatic rings. The molecular weight excluding hydrogens is 388 g/mol. The lowest BCUT2D eigenvalue weighted by Gasteiger charge is -2.34. The Kier molecular flexibility index (Phi) is 6.67. The Bertz CT molecular complexity index is 900. The Morgan fingerprint density at radius 3 is 2.21 bits per heavy atom. The van der Waals surface area contributed by atoms with E-state index in [9.17, 15) is 35.2 Å². The third kappa shape index (κ3) is 4.76. The summed E-state index contributed by atoms with van der Waals surface area (Å²) in [6, 6.07) is 9.49. The van der Waals surface area contributed by atoms with Crippen LogP contribution < -0.4 is 9.47 Å². The molecule has 0 saturated heterocycles. The average Bonchev–Trinajstić information content (AvgIpc) is 2.68. The number of nitro groups is 2. The van der Waals surface area contributed by atoms with Crippen LogP contribution in [0.2, 0.25) is 0 Å². The van der Waals surface area contributed by atoms with Crippen molar-refractivity contribution in [2.24, 2.45) is 0 Å². The third-order valence-electron chi connectivity index (χ3n) is 3.94. The first-order valence-electron chi connectivity index (χ1n) is 8.48. The highest BCUT2D eigenvalue weighted by Gasteiger charge is 2.52. The first-order valence-corrected chi connectivity index (χ1v) is 8.48. The number of aliphatic carboxylic acids is 1. The van der Waals surface area contributed by atoms with E-state index in [2.05, 4.69) is 0 Å². The monoisotopic (exact) mass is 406 g/mol. The number of aliphatic hydroxyl groups excluding tert-OH is 1. The lowest BCUT2D eigenvalue weighted by molar-refractivity contribution is -0.386. The highest BCUT2D eigenvalue weighted by atomic mass is 16.7. The summed E-state index contributed by atoms with van der Waals surface area (Å²) in [5.74, 6) is -5.02. The van der Waals surface area contributed by atoms with Gasteiger partial charge in [-0.05, 0) is 24.6 Å². The van der Waals surface area contributed by atoms with Crippen LogP contribution in [0.1, 0.15) is 19.8 Å². The SMILES string of the molecule is CCCC(O)C(Oc1ccc([N+](=O)[O-])cc1)(Oc1ccccc1[N+](=O)[O-])C(=O)O. The minimum absolute atomic E-state index is 0.0556. The van der Waals surface area contributed by atoms with Crippen LogP contribution in [0.5, 0.6) is 11.5 Å². The van der Waals surface area contributed by atoms with E-state index in [1.807, 2.05) is 0 Å². The number of rotatable bonds is 10. The van der Waals surface area contributed by atoms with Gasteiger partial charge in [0, 0.05) is 18.2 Å². The summed E-state index contributed by atoms with van der Waals surface area (Å²) in [5, 5.41) is 42.4. The van der Waals surface area contributed by atoms with Crippen molar-refractivity contribution in [1.29, 1.82) is 0 Å². The second-order valence-electron chi connectivity index (χ2n) is 5.96. The van der Waals surface area contributed by atoms with Crippen LogP contribution in [0.4, 0.5) is 11.4 Å². The predicted octanol–water partition coefficient (Wildman–Crippen LogP) is 2.90. The quantitative estimate of drug-likeness (QED) is 0.343. The number of carboxylic acids is 1. The number of carbonyl (C=O) groups is 1. The highest BCUT2D eigenvalue weighted by molar-refractivity contribution is 5.78. The zero-order chi connectivity index (χ0) is 21.6. The number of hydrogen-bond donors (Lipinski definition) is 2. The van der Waals surface area contributed by atoms with E-state index >= 15 is 0 Å². The number of carboxylic acid groups (broad SMARTS) is 1. The van der Waals surface area contributed by atoms with Crippen molar-refractivity contribution in [1.82, 2.24) is 0 Å². The van der Waals surface area contributed by atoms with Crippen LogP contribution in [0.3, 0.4) is 0 Å². The van der Waals surface area contributed by atoms with Gasteiger partial charge in [0.15, 0.2) is 0 Å². The van der Waals surface area contributed by atoms with Gasteiger partial charge in [0.1, 0.15) is 11.9 Å². The summed E-state index contributed by atoms with van der Waals surface area (Å²) >= 11 is 0. The van der Waals surface area contributed by atoms with Gasteiger partial charge in [-0.15, -0.1) is 0 Å². The molecule has 2 N–H and O–H groups in total. The third-order valence-corrected chi connectivity index (χ3v) is 3.94. The lowest BCUT2D eigenvalue weighted by atomic mass is 10.0. The predicted molar refractivity (Wildman–Crippen MR) is 98.7 cm³/mol. The Morgan fingerprint density at radius 2 is 1.69 bits per heavy atom. The first-order chi connectivity index (χ1) is 13.7. The van der Waals surface area contributed by atoms with Crippen LogP contribution in [-0.2, 0) is 4.79 Å². The second kappa shape index (κ2) is 8.97. The fraction of sp³-hybridized carbons (Fsp3) is 0.278. The standard InChI is InChI=1S/C18H18N2O9/c1-2-5-16(21)18(17(22)23,28-13-10-8-12(9-11-13)19(24)25)29-15-7-4-3-6-14(15)20(26)27/h3-4,6-11,16,21H,2,5H2,1H3,(H,22,23). The van der Waals surface area contributed by atoms with E-state index in [1.54, 1.807) is 6.92 Å². The molecule has 0 fully saturated rings. The zero-order valence-electron chi connectivity index (χ0n) is 15.3. The molecule has 0 saturated carbocycles. The fourth-order valence-corrected chi connectivity index (χ4v) is 2.52. The molecular formula is C18H18N2O9. The lowest BCUT2D eigenvalue weighted by Crippen LogP contribution is -2.59. The van der Waals surface area contributed by atoms with E-state index in [4.69, 9.17) is 9.47 Å². The number of aliphatic hydroxyl groups is 1. The van der Waals surface area contributed by atoms with E-state index < -0.39 is 39.1 Å². The van der Waals surface area contributed by atoms with Gasteiger partial charge < -0.3 is 19.7 Å².